The van der Waals surface area contributed by atoms with Gasteiger partial charge >= 0.3 is 0 Å². The van der Waals surface area contributed by atoms with Crippen molar-refractivity contribution in [3.8, 4) is 0 Å². The minimum absolute atomic E-state index is 0.338. The van der Waals surface area contributed by atoms with Crippen molar-refractivity contribution in [2.75, 3.05) is 0 Å². The quantitative estimate of drug-likeness (QED) is 0.884. The van der Waals surface area contributed by atoms with Crippen LogP contribution in [0.1, 0.15) is 28.4 Å². The zero-order chi connectivity index (χ0) is 14.0. The second kappa shape index (κ2) is 5.72. The van der Waals surface area contributed by atoms with Crippen LogP contribution in [0.25, 0.3) is 0 Å². The van der Waals surface area contributed by atoms with Crippen LogP contribution in [-0.4, -0.2) is 5.11 Å². The number of aliphatic hydroxyl groups is 1. The Morgan fingerprint density at radius 1 is 1.16 bits per heavy atom. The molecule has 0 aliphatic rings. The third-order valence-corrected chi connectivity index (χ3v) is 3.57. The Morgan fingerprint density at radius 2 is 1.89 bits per heavy atom. The lowest BCUT2D eigenvalue weighted by atomic mass is 9.97. The highest BCUT2D eigenvalue weighted by atomic mass is 35.5. The summed E-state index contributed by atoms with van der Waals surface area (Å²) in [5, 5.41) is 10.9. The molecular formula is C16H16ClFO. The molecule has 2 aromatic carbocycles. The molecular weight excluding hydrogens is 263 g/mol. The number of hydrogen-bond acceptors (Lipinski definition) is 1. The molecule has 0 radical (unpaired) electrons. The summed E-state index contributed by atoms with van der Waals surface area (Å²) in [6, 6.07) is 10.2. The average molecular weight is 279 g/mol. The van der Waals surface area contributed by atoms with Crippen LogP contribution in [0.2, 0.25) is 5.02 Å². The summed E-state index contributed by atoms with van der Waals surface area (Å²) in [4.78, 5) is 0. The Kier molecular flexibility index (Phi) is 4.23. The number of aliphatic hydroxyl groups excluding tert-OH is 1. The van der Waals surface area contributed by atoms with E-state index in [1.807, 2.05) is 32.0 Å². The molecule has 1 unspecified atom stereocenters. The second-order valence-corrected chi connectivity index (χ2v) is 5.22. The Morgan fingerprint density at radius 3 is 2.58 bits per heavy atom. The van der Waals surface area contributed by atoms with Crippen LogP contribution in [0, 0.1) is 19.7 Å². The first kappa shape index (κ1) is 14.0. The molecule has 0 saturated carbocycles. The van der Waals surface area contributed by atoms with E-state index in [2.05, 4.69) is 0 Å². The summed E-state index contributed by atoms with van der Waals surface area (Å²) < 4.78 is 13.2. The Labute approximate surface area is 117 Å². The van der Waals surface area contributed by atoms with Gasteiger partial charge in [-0.25, -0.2) is 4.39 Å². The van der Waals surface area contributed by atoms with Gasteiger partial charge in [0.25, 0.3) is 0 Å². The van der Waals surface area contributed by atoms with Gasteiger partial charge in [-0.05, 0) is 54.3 Å². The highest BCUT2D eigenvalue weighted by Crippen LogP contribution is 2.26. The van der Waals surface area contributed by atoms with Crippen molar-refractivity contribution in [1.29, 1.82) is 0 Å². The zero-order valence-corrected chi connectivity index (χ0v) is 11.7. The lowest BCUT2D eigenvalue weighted by Gasteiger charge is -2.15. The number of halogens is 2. The largest absolute Gasteiger partial charge is 0.388 e. The fourth-order valence-corrected chi connectivity index (χ4v) is 2.42. The third kappa shape index (κ3) is 3.34. The molecule has 0 aliphatic heterocycles. The first-order valence-corrected chi connectivity index (χ1v) is 6.54. The molecule has 19 heavy (non-hydrogen) atoms. The molecule has 0 amide bonds. The van der Waals surface area contributed by atoms with E-state index in [0.29, 0.717) is 17.0 Å². The molecule has 0 fully saturated rings. The lowest BCUT2D eigenvalue weighted by molar-refractivity contribution is 0.177. The van der Waals surface area contributed by atoms with Crippen LogP contribution in [0.3, 0.4) is 0 Å². The Bertz CT molecular complexity index is 595. The van der Waals surface area contributed by atoms with Gasteiger partial charge in [-0.2, -0.15) is 0 Å². The summed E-state index contributed by atoms with van der Waals surface area (Å²) in [7, 11) is 0. The number of rotatable bonds is 3. The van der Waals surface area contributed by atoms with Crippen LogP contribution >= 0.6 is 11.6 Å². The molecule has 100 valence electrons. The first-order valence-electron chi connectivity index (χ1n) is 6.16. The van der Waals surface area contributed by atoms with Crippen molar-refractivity contribution in [2.45, 2.75) is 26.4 Å². The molecule has 0 spiro atoms. The number of benzene rings is 2. The van der Waals surface area contributed by atoms with Gasteiger partial charge in [0.2, 0.25) is 0 Å². The Balaban J connectivity index is 2.25. The minimum Gasteiger partial charge on any atom is -0.388 e. The average Bonchev–Trinajstić information content (AvgIpc) is 2.35. The maximum atomic E-state index is 13.2. The van der Waals surface area contributed by atoms with E-state index in [9.17, 15) is 9.50 Å². The molecule has 2 rings (SSSR count). The fourth-order valence-electron chi connectivity index (χ4n) is 2.11. The van der Waals surface area contributed by atoms with Crippen molar-refractivity contribution in [1.82, 2.24) is 0 Å². The standard InChI is InChI=1S/C16H16ClFO/c1-10-3-5-12(15(17)7-10)8-16(19)14-9-13(18)6-4-11(14)2/h3-7,9,16,19H,8H2,1-2H3. The number of hydrogen-bond donors (Lipinski definition) is 1. The predicted octanol–water partition coefficient (Wildman–Crippen LogP) is 4.37. The minimum atomic E-state index is -0.754. The molecule has 1 nitrogen and oxygen atoms in total. The van der Waals surface area contributed by atoms with E-state index in [0.717, 1.165) is 16.7 Å². The van der Waals surface area contributed by atoms with E-state index in [4.69, 9.17) is 11.6 Å². The van der Waals surface area contributed by atoms with Gasteiger partial charge in [0.1, 0.15) is 5.82 Å². The smallest absolute Gasteiger partial charge is 0.123 e. The predicted molar refractivity (Wildman–Crippen MR) is 76.0 cm³/mol. The molecule has 0 aromatic heterocycles. The second-order valence-electron chi connectivity index (χ2n) is 4.82. The highest BCUT2D eigenvalue weighted by molar-refractivity contribution is 6.31. The Hall–Kier alpha value is -1.38. The molecule has 1 N–H and O–H groups in total. The van der Waals surface area contributed by atoms with Gasteiger partial charge in [-0.1, -0.05) is 29.8 Å². The maximum absolute atomic E-state index is 13.2. The third-order valence-electron chi connectivity index (χ3n) is 3.22. The topological polar surface area (TPSA) is 20.2 Å². The summed E-state index contributed by atoms with van der Waals surface area (Å²) in [5.41, 5.74) is 3.42. The summed E-state index contributed by atoms with van der Waals surface area (Å²) in [6.45, 7) is 3.82. The monoisotopic (exact) mass is 278 g/mol. The van der Waals surface area contributed by atoms with Crippen LogP contribution in [0.4, 0.5) is 4.39 Å². The van der Waals surface area contributed by atoms with Crippen LogP contribution in [0.5, 0.6) is 0 Å². The van der Waals surface area contributed by atoms with Crippen molar-refractivity contribution < 1.29 is 9.50 Å². The van der Waals surface area contributed by atoms with Gasteiger partial charge in [0.15, 0.2) is 0 Å². The van der Waals surface area contributed by atoms with E-state index in [-0.39, 0.29) is 5.82 Å². The summed E-state index contributed by atoms with van der Waals surface area (Å²) >= 11 is 6.15. The van der Waals surface area contributed by atoms with Gasteiger partial charge in [0.05, 0.1) is 6.10 Å². The van der Waals surface area contributed by atoms with Crippen molar-refractivity contribution in [2.24, 2.45) is 0 Å². The summed E-state index contributed by atoms with van der Waals surface area (Å²) in [6.07, 6.45) is -0.375. The van der Waals surface area contributed by atoms with Crippen LogP contribution < -0.4 is 0 Å². The fraction of sp³-hybridized carbons (Fsp3) is 0.250. The molecule has 3 heteroatoms. The molecule has 1 atom stereocenters. The maximum Gasteiger partial charge on any atom is 0.123 e. The van der Waals surface area contributed by atoms with Crippen LogP contribution in [-0.2, 0) is 6.42 Å². The van der Waals surface area contributed by atoms with E-state index < -0.39 is 6.10 Å². The first-order chi connectivity index (χ1) is 8.97. The van der Waals surface area contributed by atoms with E-state index in [1.54, 1.807) is 6.07 Å². The molecule has 0 bridgehead atoms. The molecule has 0 aliphatic carbocycles. The highest BCUT2D eigenvalue weighted by Gasteiger charge is 2.14. The van der Waals surface area contributed by atoms with Gasteiger partial charge in [0, 0.05) is 11.4 Å². The van der Waals surface area contributed by atoms with E-state index >= 15 is 0 Å². The van der Waals surface area contributed by atoms with Crippen LogP contribution in [0.15, 0.2) is 36.4 Å². The van der Waals surface area contributed by atoms with Gasteiger partial charge < -0.3 is 5.11 Å². The SMILES string of the molecule is Cc1ccc(CC(O)c2cc(F)ccc2C)c(Cl)c1. The normalized spacial score (nSPS) is 12.5. The van der Waals surface area contributed by atoms with Crippen molar-refractivity contribution in [3.63, 3.8) is 0 Å². The molecule has 0 heterocycles. The lowest BCUT2D eigenvalue weighted by Crippen LogP contribution is -2.05. The summed E-state index contributed by atoms with van der Waals surface area (Å²) in [5.74, 6) is -0.338. The zero-order valence-electron chi connectivity index (χ0n) is 11.0. The van der Waals surface area contributed by atoms with Crippen molar-refractivity contribution >= 4 is 11.6 Å². The van der Waals surface area contributed by atoms with Gasteiger partial charge in [-0.15, -0.1) is 0 Å². The van der Waals surface area contributed by atoms with E-state index in [1.165, 1.54) is 12.1 Å². The van der Waals surface area contributed by atoms with Crippen molar-refractivity contribution in [3.05, 3.63) is 69.5 Å². The molecule has 2 aromatic rings. The number of aryl methyl sites for hydroxylation is 2. The van der Waals surface area contributed by atoms with Gasteiger partial charge in [-0.3, -0.25) is 0 Å². The molecule has 0 saturated heterocycles.